The summed E-state index contributed by atoms with van der Waals surface area (Å²) in [6, 6.07) is 4.36. The predicted molar refractivity (Wildman–Crippen MR) is 103 cm³/mol. The zero-order valence-corrected chi connectivity index (χ0v) is 16.4. The number of halogens is 2. The van der Waals surface area contributed by atoms with Crippen molar-refractivity contribution in [1.82, 2.24) is 15.8 Å². The van der Waals surface area contributed by atoms with Gasteiger partial charge < -0.3 is 24.8 Å². The largest absolute Gasteiger partial charge is 0.494 e. The van der Waals surface area contributed by atoms with Crippen molar-refractivity contribution in [2.45, 2.75) is 18.9 Å². The average Bonchev–Trinajstić information content (AvgIpc) is 3.08. The number of nitrogens with zero attached hydrogens (tertiary/aromatic N) is 2. The molecule has 1 aliphatic rings. The first-order valence-corrected chi connectivity index (χ1v) is 8.53. The molecule has 0 bridgehead atoms. The van der Waals surface area contributed by atoms with Gasteiger partial charge in [0, 0.05) is 32.2 Å². The number of aromatic nitrogens is 1. The summed E-state index contributed by atoms with van der Waals surface area (Å²) in [5, 5.41) is 10.3. The van der Waals surface area contributed by atoms with Crippen molar-refractivity contribution in [2.24, 2.45) is 0 Å². The fraction of sp³-hybridized carbons (Fsp3) is 0.444. The Morgan fingerprint density at radius 2 is 2.22 bits per heavy atom. The molecule has 2 N–H and O–H groups in total. The summed E-state index contributed by atoms with van der Waals surface area (Å²) in [7, 11) is 4.95. The maximum Gasteiger partial charge on any atom is 0.259 e. The van der Waals surface area contributed by atoms with E-state index < -0.39 is 5.82 Å². The third-order valence-electron chi connectivity index (χ3n) is 4.37. The fourth-order valence-electron chi connectivity index (χ4n) is 3.02. The van der Waals surface area contributed by atoms with Gasteiger partial charge in [-0.25, -0.2) is 4.39 Å². The molecule has 2 heterocycles. The highest BCUT2D eigenvalue weighted by atomic mass is 35.5. The Morgan fingerprint density at radius 3 is 2.85 bits per heavy atom. The first kappa shape index (κ1) is 21.0. The van der Waals surface area contributed by atoms with E-state index in [9.17, 15) is 9.18 Å². The molecule has 1 aliphatic heterocycles. The number of anilines is 1. The summed E-state index contributed by atoms with van der Waals surface area (Å²) < 4.78 is 24.2. The van der Waals surface area contributed by atoms with Gasteiger partial charge in [0.15, 0.2) is 23.1 Å². The summed E-state index contributed by atoms with van der Waals surface area (Å²) in [6.45, 7) is 1.69. The zero-order chi connectivity index (χ0) is 18.7. The molecular formula is C18H24ClFN4O3. The van der Waals surface area contributed by atoms with Crippen LogP contribution in [0.15, 0.2) is 22.7 Å². The minimum Gasteiger partial charge on any atom is -0.494 e. The highest BCUT2D eigenvalue weighted by molar-refractivity contribution is 6.04. The summed E-state index contributed by atoms with van der Waals surface area (Å²) in [5.41, 5.74) is 0.852. The summed E-state index contributed by atoms with van der Waals surface area (Å²) in [5.74, 6) is 0.0378. The molecule has 0 saturated carbocycles. The number of piperidine rings is 1. The van der Waals surface area contributed by atoms with E-state index in [0.717, 1.165) is 25.9 Å². The van der Waals surface area contributed by atoms with Crippen LogP contribution in [0.3, 0.4) is 0 Å². The lowest BCUT2D eigenvalue weighted by atomic mass is 10.0. The van der Waals surface area contributed by atoms with Gasteiger partial charge in [0.1, 0.15) is 5.56 Å². The highest BCUT2D eigenvalue weighted by Gasteiger charge is 2.28. The van der Waals surface area contributed by atoms with E-state index in [1.165, 1.54) is 25.3 Å². The molecule has 2 aromatic rings. The number of amides is 1. The maximum atomic E-state index is 13.7. The molecule has 1 atom stereocenters. The molecule has 1 saturated heterocycles. The lowest BCUT2D eigenvalue weighted by molar-refractivity contribution is 0.0931. The molecule has 27 heavy (non-hydrogen) atoms. The van der Waals surface area contributed by atoms with Gasteiger partial charge >= 0.3 is 0 Å². The number of hydrogen-bond donors (Lipinski definition) is 2. The van der Waals surface area contributed by atoms with Gasteiger partial charge in [-0.1, -0.05) is 5.16 Å². The van der Waals surface area contributed by atoms with Crippen LogP contribution in [-0.4, -0.2) is 51.4 Å². The van der Waals surface area contributed by atoms with Crippen molar-refractivity contribution in [2.75, 3.05) is 39.2 Å². The minimum atomic E-state index is -0.483. The third-order valence-corrected chi connectivity index (χ3v) is 4.37. The van der Waals surface area contributed by atoms with Crippen LogP contribution >= 0.6 is 12.4 Å². The van der Waals surface area contributed by atoms with Crippen molar-refractivity contribution < 1.29 is 18.4 Å². The summed E-state index contributed by atoms with van der Waals surface area (Å²) in [4.78, 5) is 14.7. The summed E-state index contributed by atoms with van der Waals surface area (Å²) in [6.07, 6.45) is 1.93. The van der Waals surface area contributed by atoms with Crippen LogP contribution in [-0.2, 0) is 0 Å². The number of benzene rings is 1. The maximum absolute atomic E-state index is 13.7. The molecule has 1 aromatic heterocycles. The van der Waals surface area contributed by atoms with Crippen LogP contribution in [0.1, 0.15) is 23.2 Å². The van der Waals surface area contributed by atoms with Crippen LogP contribution in [0.25, 0.3) is 11.3 Å². The van der Waals surface area contributed by atoms with Crippen LogP contribution < -0.4 is 20.3 Å². The molecule has 0 spiro atoms. The lowest BCUT2D eigenvalue weighted by Gasteiger charge is -2.24. The SMILES string of the molecule is COc1cc(-c2onc(N(C)C)c2C(=O)N[C@@H]2CCCNC2)ccc1F.Cl. The molecule has 9 heteroatoms. The van der Waals surface area contributed by atoms with E-state index in [1.54, 1.807) is 19.0 Å². The Bertz CT molecular complexity index is 791. The van der Waals surface area contributed by atoms with Crippen LogP contribution in [0.4, 0.5) is 10.2 Å². The molecule has 7 nitrogen and oxygen atoms in total. The molecule has 3 rings (SSSR count). The van der Waals surface area contributed by atoms with Gasteiger partial charge in [-0.15, -0.1) is 12.4 Å². The van der Waals surface area contributed by atoms with E-state index in [4.69, 9.17) is 9.26 Å². The second kappa shape index (κ2) is 9.05. The third kappa shape index (κ3) is 4.51. The zero-order valence-electron chi connectivity index (χ0n) is 15.5. The van der Waals surface area contributed by atoms with Crippen molar-refractivity contribution >= 4 is 24.1 Å². The second-order valence-electron chi connectivity index (χ2n) is 6.47. The van der Waals surface area contributed by atoms with Crippen LogP contribution in [0.5, 0.6) is 5.75 Å². The second-order valence-corrected chi connectivity index (χ2v) is 6.47. The molecule has 1 fully saturated rings. The minimum absolute atomic E-state index is 0. The number of rotatable bonds is 5. The van der Waals surface area contributed by atoms with Crippen molar-refractivity contribution in [3.8, 4) is 17.1 Å². The van der Waals surface area contributed by atoms with Gasteiger partial charge in [-0.05, 0) is 37.6 Å². The monoisotopic (exact) mass is 398 g/mol. The molecule has 1 amide bonds. The predicted octanol–water partition coefficient (Wildman–Crippen LogP) is 2.46. The number of nitrogens with one attached hydrogen (secondary N) is 2. The van der Waals surface area contributed by atoms with Gasteiger partial charge in [-0.3, -0.25) is 4.79 Å². The van der Waals surface area contributed by atoms with Gasteiger partial charge in [0.2, 0.25) is 0 Å². The molecule has 148 valence electrons. The first-order chi connectivity index (χ1) is 12.5. The van der Waals surface area contributed by atoms with Crippen molar-refractivity contribution in [1.29, 1.82) is 0 Å². The van der Waals surface area contributed by atoms with Crippen LogP contribution in [0.2, 0.25) is 0 Å². The first-order valence-electron chi connectivity index (χ1n) is 8.53. The van der Waals surface area contributed by atoms with E-state index in [-0.39, 0.29) is 35.9 Å². The topological polar surface area (TPSA) is 79.6 Å². The Hall–Kier alpha value is -2.32. The van der Waals surface area contributed by atoms with E-state index in [0.29, 0.717) is 16.9 Å². The quantitative estimate of drug-likeness (QED) is 0.805. The van der Waals surface area contributed by atoms with Crippen molar-refractivity contribution in [3.05, 3.63) is 29.6 Å². The van der Waals surface area contributed by atoms with Gasteiger partial charge in [-0.2, -0.15) is 0 Å². The Kier molecular flexibility index (Phi) is 7.04. The molecule has 0 radical (unpaired) electrons. The van der Waals surface area contributed by atoms with E-state index in [2.05, 4.69) is 15.8 Å². The van der Waals surface area contributed by atoms with Crippen LogP contribution in [0, 0.1) is 5.82 Å². The Morgan fingerprint density at radius 1 is 1.44 bits per heavy atom. The summed E-state index contributed by atoms with van der Waals surface area (Å²) >= 11 is 0. The normalized spacial score (nSPS) is 16.4. The Labute approximate surface area is 163 Å². The lowest BCUT2D eigenvalue weighted by Crippen LogP contribution is -2.45. The molecular weight excluding hydrogens is 375 g/mol. The standard InChI is InChI=1S/C18H23FN4O3.ClH/c1-23(2)17-15(18(24)21-12-5-4-8-20-10-12)16(26-22-17)11-6-7-13(19)14(9-11)25-3;/h6-7,9,12,20H,4-5,8,10H2,1-3H3,(H,21,24);1H/t12-;/m1./s1. The van der Waals surface area contributed by atoms with E-state index >= 15 is 0 Å². The number of carbonyl (C=O) groups excluding carboxylic acids is 1. The number of hydrogen-bond acceptors (Lipinski definition) is 6. The fourth-order valence-corrected chi connectivity index (χ4v) is 3.02. The average molecular weight is 399 g/mol. The molecule has 0 aliphatic carbocycles. The Balaban J connectivity index is 0.00000261. The number of ether oxygens (including phenoxy) is 1. The van der Waals surface area contributed by atoms with Gasteiger partial charge in [0.25, 0.3) is 5.91 Å². The molecule has 0 unspecified atom stereocenters. The van der Waals surface area contributed by atoms with Crippen molar-refractivity contribution in [3.63, 3.8) is 0 Å². The van der Waals surface area contributed by atoms with Gasteiger partial charge in [0.05, 0.1) is 7.11 Å². The highest BCUT2D eigenvalue weighted by Crippen LogP contribution is 2.33. The van der Waals surface area contributed by atoms with E-state index in [1.807, 2.05) is 0 Å². The number of carbonyl (C=O) groups is 1. The smallest absolute Gasteiger partial charge is 0.259 e. The number of methoxy groups -OCH3 is 1. The molecule has 1 aromatic carbocycles.